The maximum absolute atomic E-state index is 14.9. The predicted molar refractivity (Wildman–Crippen MR) is 164 cm³/mol. The van der Waals surface area contributed by atoms with Crippen LogP contribution in [0.3, 0.4) is 0 Å². The first-order valence-corrected chi connectivity index (χ1v) is 14.6. The highest BCUT2D eigenvalue weighted by atomic mass is 19.1. The number of fused-ring (bicyclic) bond motifs is 1. The fourth-order valence-electron chi connectivity index (χ4n) is 5.18. The summed E-state index contributed by atoms with van der Waals surface area (Å²) in [5.74, 6) is 0.633. The third-order valence-electron chi connectivity index (χ3n) is 7.15. The highest BCUT2D eigenvalue weighted by Crippen LogP contribution is 2.37. The van der Waals surface area contributed by atoms with E-state index in [1.54, 1.807) is 25.3 Å². The van der Waals surface area contributed by atoms with Crippen molar-refractivity contribution in [1.82, 2.24) is 15.2 Å². The van der Waals surface area contributed by atoms with E-state index < -0.39 is 5.82 Å². The van der Waals surface area contributed by atoms with Gasteiger partial charge >= 0.3 is 0 Å². The molecular weight excluding hydrogens is 523 g/mol. The number of likely N-dealkylation sites (tertiary alicyclic amines) is 1. The van der Waals surface area contributed by atoms with Gasteiger partial charge in [-0.3, -0.25) is 0 Å². The molecular formula is C32H47FN4O4. The smallest absolute Gasteiger partial charge is 0.225 e. The van der Waals surface area contributed by atoms with E-state index in [1.807, 2.05) is 46.8 Å². The van der Waals surface area contributed by atoms with Crippen LogP contribution in [0.2, 0.25) is 0 Å². The quantitative estimate of drug-likeness (QED) is 0.389. The van der Waals surface area contributed by atoms with Gasteiger partial charge in [0.05, 0.1) is 31.6 Å². The molecule has 9 heteroatoms. The minimum atomic E-state index is -0.416. The molecule has 1 aromatic heterocycles. The van der Waals surface area contributed by atoms with Gasteiger partial charge in [0.25, 0.3) is 0 Å². The van der Waals surface area contributed by atoms with Crippen molar-refractivity contribution >= 4 is 16.8 Å². The number of aliphatic imine (C=N–C) groups is 1. The lowest BCUT2D eigenvalue weighted by molar-refractivity contribution is 0.154. The molecule has 1 spiro atoms. The van der Waals surface area contributed by atoms with Gasteiger partial charge < -0.3 is 34.1 Å². The largest absolute Gasteiger partial charge is 0.501 e. The van der Waals surface area contributed by atoms with E-state index in [1.165, 1.54) is 32.2 Å². The van der Waals surface area contributed by atoms with E-state index in [0.717, 1.165) is 36.5 Å². The summed E-state index contributed by atoms with van der Waals surface area (Å²) in [6, 6.07) is 5.17. The number of benzene rings is 1. The van der Waals surface area contributed by atoms with Crippen LogP contribution in [0.1, 0.15) is 52.7 Å². The van der Waals surface area contributed by atoms with Gasteiger partial charge in [0.15, 0.2) is 17.3 Å². The number of allylic oxidation sites excluding steroid dienone is 2. The molecule has 41 heavy (non-hydrogen) atoms. The molecule has 0 radical (unpaired) electrons. The van der Waals surface area contributed by atoms with Gasteiger partial charge in [0.1, 0.15) is 12.9 Å². The number of nitrogens with zero attached hydrogens (tertiary/aromatic N) is 2. The van der Waals surface area contributed by atoms with Crippen molar-refractivity contribution in [2.75, 3.05) is 53.7 Å². The zero-order chi connectivity index (χ0) is 29.8. The molecule has 0 saturated carbocycles. The number of hydrogen-bond acceptors (Lipinski definition) is 7. The van der Waals surface area contributed by atoms with E-state index >= 15 is 0 Å². The number of rotatable bonds is 6. The van der Waals surface area contributed by atoms with E-state index in [4.69, 9.17) is 18.9 Å². The molecule has 3 aliphatic rings. The van der Waals surface area contributed by atoms with E-state index in [9.17, 15) is 4.39 Å². The van der Waals surface area contributed by atoms with Crippen molar-refractivity contribution in [3.05, 3.63) is 65.2 Å². The first-order chi connectivity index (χ1) is 19.9. The lowest BCUT2D eigenvalue weighted by atomic mass is 9.87. The Bertz CT molecular complexity index is 1260. The molecule has 2 N–H and O–H groups in total. The maximum Gasteiger partial charge on any atom is 0.225 e. The van der Waals surface area contributed by atoms with Crippen LogP contribution in [0, 0.1) is 18.2 Å². The number of ether oxygens (including phenoxy) is 4. The molecule has 226 valence electrons. The van der Waals surface area contributed by atoms with E-state index in [0.29, 0.717) is 41.3 Å². The summed E-state index contributed by atoms with van der Waals surface area (Å²) in [6.07, 6.45) is 8.73. The van der Waals surface area contributed by atoms with Crippen molar-refractivity contribution in [2.45, 2.75) is 53.9 Å². The average Bonchev–Trinajstić information content (AvgIpc) is 3.70. The Morgan fingerprint density at radius 3 is 2.71 bits per heavy atom. The van der Waals surface area contributed by atoms with Crippen molar-refractivity contribution in [2.24, 2.45) is 10.4 Å². The molecule has 0 bridgehead atoms. The van der Waals surface area contributed by atoms with Crippen LogP contribution in [0.15, 0.2) is 58.6 Å². The van der Waals surface area contributed by atoms with Crippen molar-refractivity contribution in [3.63, 3.8) is 0 Å². The molecule has 3 aliphatic heterocycles. The lowest BCUT2D eigenvalue weighted by Crippen LogP contribution is -2.29. The summed E-state index contributed by atoms with van der Waals surface area (Å²) in [4.78, 5) is 9.91. The molecule has 1 aromatic carbocycles. The molecule has 0 aliphatic carbocycles. The second kappa shape index (κ2) is 15.6. The third kappa shape index (κ3) is 8.36. The number of H-pyrrole nitrogens is 1. The summed E-state index contributed by atoms with van der Waals surface area (Å²) >= 11 is 0. The second-order valence-corrected chi connectivity index (χ2v) is 10.3. The summed E-state index contributed by atoms with van der Waals surface area (Å²) in [7, 11) is 3.77. The van der Waals surface area contributed by atoms with Crippen LogP contribution in [0.4, 0.5) is 4.39 Å². The van der Waals surface area contributed by atoms with Crippen LogP contribution in [-0.2, 0) is 14.2 Å². The number of nitrogens with one attached hydrogen (secondary N) is 2. The van der Waals surface area contributed by atoms with Gasteiger partial charge in [-0.25, -0.2) is 9.38 Å². The zero-order valence-electron chi connectivity index (χ0n) is 25.7. The minimum Gasteiger partial charge on any atom is -0.501 e. The highest BCUT2D eigenvalue weighted by molar-refractivity contribution is 6.00. The normalized spacial score (nSPS) is 22.6. The highest BCUT2D eigenvalue weighted by Gasteiger charge is 2.39. The van der Waals surface area contributed by atoms with Gasteiger partial charge in [-0.1, -0.05) is 26.8 Å². The molecule has 1 atom stereocenters. The molecule has 4 heterocycles. The monoisotopic (exact) mass is 570 g/mol. The Morgan fingerprint density at radius 1 is 1.27 bits per heavy atom. The fraction of sp³-hybridized carbons (Fsp3) is 0.531. The van der Waals surface area contributed by atoms with Gasteiger partial charge in [-0.05, 0) is 64.9 Å². The van der Waals surface area contributed by atoms with Crippen LogP contribution in [-0.4, -0.2) is 69.5 Å². The standard InChI is InChI=1S/C22H26FN3O3.C8H15NO.C2H6/c1-5-9-28-15(12-27-4)11-19-16(6-2)22(25-13-24-19)29-20-8-7-18-17(21(20)23)10-14(3)26-18;1-9-4-2-8(6-9)3-5-10-7-8;1-2/h6-8,10-12,24,26H,5,9,13H2,1-4H3;2-7H2,1H3;1-2H3/b15-12-,16-6+,19-11+;;. The first-order valence-electron chi connectivity index (χ1n) is 14.6. The van der Waals surface area contributed by atoms with Crippen LogP contribution in [0.25, 0.3) is 10.9 Å². The Hall–Kier alpha value is -3.30. The molecule has 2 fully saturated rings. The van der Waals surface area contributed by atoms with Gasteiger partial charge in [-0.2, -0.15) is 0 Å². The summed E-state index contributed by atoms with van der Waals surface area (Å²) < 4.78 is 37.0. The maximum atomic E-state index is 14.9. The Labute approximate surface area is 244 Å². The number of halogens is 1. The molecule has 0 amide bonds. The Balaban J connectivity index is 0.000000319. The molecule has 2 saturated heterocycles. The summed E-state index contributed by atoms with van der Waals surface area (Å²) in [5, 5.41) is 3.69. The topological polar surface area (TPSA) is 80.3 Å². The first kappa shape index (κ1) is 32.2. The van der Waals surface area contributed by atoms with E-state index in [-0.39, 0.29) is 5.75 Å². The van der Waals surface area contributed by atoms with Crippen molar-refractivity contribution < 1.29 is 23.3 Å². The third-order valence-corrected chi connectivity index (χ3v) is 7.15. The zero-order valence-corrected chi connectivity index (χ0v) is 25.7. The second-order valence-electron chi connectivity index (χ2n) is 10.3. The number of hydrogen-bond donors (Lipinski definition) is 2. The van der Waals surface area contributed by atoms with Crippen LogP contribution in [0.5, 0.6) is 5.75 Å². The number of aromatic amines is 1. The Morgan fingerprint density at radius 2 is 2.07 bits per heavy atom. The number of aromatic nitrogens is 1. The van der Waals surface area contributed by atoms with Gasteiger partial charge in [0, 0.05) is 41.2 Å². The predicted octanol–water partition coefficient (Wildman–Crippen LogP) is 6.45. The van der Waals surface area contributed by atoms with Gasteiger partial charge in [0.2, 0.25) is 5.90 Å². The van der Waals surface area contributed by atoms with Crippen LogP contribution >= 0.6 is 0 Å². The number of methoxy groups -OCH3 is 1. The van der Waals surface area contributed by atoms with Crippen molar-refractivity contribution in [3.8, 4) is 5.75 Å². The van der Waals surface area contributed by atoms with Gasteiger partial charge in [-0.15, -0.1) is 0 Å². The molecule has 5 rings (SSSR count). The Kier molecular flexibility index (Phi) is 12.3. The SMILES string of the molecule is C/C=C1/C(Oc2ccc3[nH]c(C)cc3c2F)=NCN/C1=C/C(=C/OC)OCCC.CC.CN1CCC2(CCOC2)C1. The molecule has 2 aromatic rings. The lowest BCUT2D eigenvalue weighted by Gasteiger charge is -2.21. The summed E-state index contributed by atoms with van der Waals surface area (Å²) in [5.41, 5.74) is 3.65. The number of aryl methyl sites for hydroxylation is 1. The minimum absolute atomic E-state index is 0.130. The van der Waals surface area contributed by atoms with Crippen LogP contribution < -0.4 is 10.1 Å². The average molecular weight is 571 g/mol. The fourth-order valence-corrected chi connectivity index (χ4v) is 5.18. The summed E-state index contributed by atoms with van der Waals surface area (Å²) in [6.45, 7) is 15.2. The van der Waals surface area contributed by atoms with E-state index in [2.05, 4.69) is 27.2 Å². The molecule has 8 nitrogen and oxygen atoms in total. The van der Waals surface area contributed by atoms with Crippen molar-refractivity contribution in [1.29, 1.82) is 0 Å². The molecule has 1 unspecified atom stereocenters.